The average molecular weight is 498 g/mol. The number of aryl methyl sites for hydroxylation is 1. The molecule has 2 rings (SSSR count). The Hall–Kier alpha value is -2.65. The van der Waals surface area contributed by atoms with E-state index in [0.29, 0.717) is 13.0 Å². The lowest BCUT2D eigenvalue weighted by molar-refractivity contribution is -0.140. The molecule has 2 amide bonds. The van der Waals surface area contributed by atoms with E-state index in [1.54, 1.807) is 13.8 Å². The van der Waals surface area contributed by atoms with Crippen molar-refractivity contribution >= 4 is 39.1 Å². The normalized spacial score (nSPS) is 12.2. The highest BCUT2D eigenvalue weighted by Gasteiger charge is 2.31. The molecule has 0 radical (unpaired) electrons. The van der Waals surface area contributed by atoms with Crippen LogP contribution >= 0.6 is 11.6 Å². The lowest BCUT2D eigenvalue weighted by Crippen LogP contribution is -2.52. The van der Waals surface area contributed by atoms with Crippen LogP contribution < -0.4 is 9.62 Å². The molecule has 1 atom stereocenters. The van der Waals surface area contributed by atoms with Gasteiger partial charge in [-0.2, -0.15) is 0 Å². The van der Waals surface area contributed by atoms with Crippen LogP contribution in [0.2, 0.25) is 5.02 Å². The molecule has 10 heteroatoms. The molecule has 0 bridgehead atoms. The summed E-state index contributed by atoms with van der Waals surface area (Å²) in [5.41, 5.74) is 1.83. The Balaban J connectivity index is 2.47. The highest BCUT2D eigenvalue weighted by Crippen LogP contribution is 2.25. The van der Waals surface area contributed by atoms with Gasteiger partial charge in [0.05, 0.1) is 17.0 Å². The van der Waals surface area contributed by atoms with Crippen LogP contribution in [0.4, 0.5) is 10.1 Å². The van der Waals surface area contributed by atoms with Gasteiger partial charge in [0.2, 0.25) is 21.8 Å². The second-order valence-corrected chi connectivity index (χ2v) is 9.95. The van der Waals surface area contributed by atoms with Gasteiger partial charge in [-0.1, -0.05) is 42.8 Å². The Morgan fingerprint density at radius 2 is 1.82 bits per heavy atom. The summed E-state index contributed by atoms with van der Waals surface area (Å²) in [4.78, 5) is 27.6. The Morgan fingerprint density at radius 1 is 1.15 bits per heavy atom. The molecule has 7 nitrogen and oxygen atoms in total. The second kappa shape index (κ2) is 11.5. The lowest BCUT2D eigenvalue weighted by atomic mass is 10.1. The third-order valence-electron chi connectivity index (χ3n) is 5.21. The molecule has 0 aliphatic heterocycles. The van der Waals surface area contributed by atoms with Crippen LogP contribution in [-0.2, 0) is 26.2 Å². The molecule has 0 spiro atoms. The fourth-order valence-corrected chi connectivity index (χ4v) is 4.45. The van der Waals surface area contributed by atoms with E-state index in [4.69, 9.17) is 11.6 Å². The smallest absolute Gasteiger partial charge is 0.244 e. The van der Waals surface area contributed by atoms with Gasteiger partial charge in [-0.05, 0) is 49.6 Å². The first-order valence-corrected chi connectivity index (χ1v) is 12.8. The van der Waals surface area contributed by atoms with Crippen LogP contribution in [0.15, 0.2) is 42.5 Å². The lowest BCUT2D eigenvalue weighted by Gasteiger charge is -2.33. The number of nitrogens with zero attached hydrogens (tertiary/aromatic N) is 2. The van der Waals surface area contributed by atoms with Gasteiger partial charge < -0.3 is 10.2 Å². The van der Waals surface area contributed by atoms with E-state index in [1.165, 1.54) is 11.0 Å². The highest BCUT2D eigenvalue weighted by molar-refractivity contribution is 7.92. The van der Waals surface area contributed by atoms with Crippen LogP contribution in [-0.4, -0.2) is 50.5 Å². The molecular formula is C23H29ClFN3O4S. The topological polar surface area (TPSA) is 86.8 Å². The number of anilines is 1. The third kappa shape index (κ3) is 6.91. The minimum Gasteiger partial charge on any atom is -0.355 e. The number of halogens is 2. The summed E-state index contributed by atoms with van der Waals surface area (Å²) in [7, 11) is -3.92. The van der Waals surface area contributed by atoms with Gasteiger partial charge in [0, 0.05) is 13.1 Å². The van der Waals surface area contributed by atoms with Gasteiger partial charge in [0.1, 0.15) is 18.4 Å². The molecule has 0 saturated carbocycles. The number of likely N-dealkylation sites (N-methyl/N-ethyl adjacent to an activating group) is 1. The molecular weight excluding hydrogens is 469 g/mol. The molecule has 0 fully saturated rings. The van der Waals surface area contributed by atoms with Crippen LogP contribution in [0.3, 0.4) is 0 Å². The van der Waals surface area contributed by atoms with Crippen LogP contribution in [0.5, 0.6) is 0 Å². The second-order valence-electron chi connectivity index (χ2n) is 7.63. The average Bonchev–Trinajstić information content (AvgIpc) is 2.74. The van der Waals surface area contributed by atoms with Crippen LogP contribution in [0, 0.1) is 12.7 Å². The molecule has 2 aromatic carbocycles. The number of carbonyl (C=O) groups is 2. The van der Waals surface area contributed by atoms with E-state index >= 15 is 0 Å². The first-order chi connectivity index (χ1) is 15.5. The summed E-state index contributed by atoms with van der Waals surface area (Å²) in [5, 5.41) is 2.47. The van der Waals surface area contributed by atoms with Crippen molar-refractivity contribution in [3.05, 3.63) is 64.4 Å². The first kappa shape index (κ1) is 26.6. The number of benzene rings is 2. The summed E-state index contributed by atoms with van der Waals surface area (Å²) in [6, 6.07) is 10.1. The summed E-state index contributed by atoms with van der Waals surface area (Å²) in [6.45, 7) is 5.42. The molecule has 33 heavy (non-hydrogen) atoms. The fourth-order valence-electron chi connectivity index (χ4n) is 3.44. The Kier molecular flexibility index (Phi) is 9.25. The number of sulfonamides is 1. The number of amides is 2. The molecule has 0 aliphatic rings. The van der Waals surface area contributed by atoms with Crippen molar-refractivity contribution < 1.29 is 22.4 Å². The van der Waals surface area contributed by atoms with Gasteiger partial charge >= 0.3 is 0 Å². The summed E-state index contributed by atoms with van der Waals surface area (Å²) in [6.07, 6.45) is 1.29. The van der Waals surface area contributed by atoms with Crippen molar-refractivity contribution in [1.82, 2.24) is 10.2 Å². The van der Waals surface area contributed by atoms with E-state index in [1.807, 2.05) is 31.2 Å². The predicted molar refractivity (Wildman–Crippen MR) is 128 cm³/mol. The first-order valence-electron chi connectivity index (χ1n) is 10.5. The van der Waals surface area contributed by atoms with Crippen molar-refractivity contribution in [2.75, 3.05) is 23.7 Å². The zero-order valence-corrected chi connectivity index (χ0v) is 20.7. The van der Waals surface area contributed by atoms with Crippen molar-refractivity contribution in [2.45, 2.75) is 39.8 Å². The third-order valence-corrected chi connectivity index (χ3v) is 6.64. The number of nitrogens with one attached hydrogen (secondary N) is 1. The molecule has 2 aromatic rings. The van der Waals surface area contributed by atoms with Gasteiger partial charge in [-0.25, -0.2) is 12.8 Å². The van der Waals surface area contributed by atoms with Crippen molar-refractivity contribution in [2.24, 2.45) is 0 Å². The quantitative estimate of drug-likeness (QED) is 0.544. The molecule has 0 aliphatic carbocycles. The summed E-state index contributed by atoms with van der Waals surface area (Å²) in [5.74, 6) is -1.59. The minimum atomic E-state index is -3.92. The summed E-state index contributed by atoms with van der Waals surface area (Å²) < 4.78 is 39.5. The van der Waals surface area contributed by atoms with Gasteiger partial charge in [0.25, 0.3) is 0 Å². The maximum absolute atomic E-state index is 13.6. The Bertz CT molecular complexity index is 1110. The fraction of sp³-hybridized carbons (Fsp3) is 0.391. The van der Waals surface area contributed by atoms with Gasteiger partial charge in [0.15, 0.2) is 0 Å². The largest absolute Gasteiger partial charge is 0.355 e. The zero-order chi connectivity index (χ0) is 24.8. The highest BCUT2D eigenvalue weighted by atomic mass is 35.5. The molecule has 0 aromatic heterocycles. The van der Waals surface area contributed by atoms with E-state index in [-0.39, 0.29) is 23.2 Å². The molecule has 0 heterocycles. The number of hydrogen-bond acceptors (Lipinski definition) is 4. The monoisotopic (exact) mass is 497 g/mol. The van der Waals surface area contributed by atoms with E-state index in [9.17, 15) is 22.4 Å². The Labute approximate surface area is 199 Å². The molecule has 180 valence electrons. The molecule has 1 N–H and O–H groups in total. The molecule has 0 saturated heterocycles. The van der Waals surface area contributed by atoms with Crippen LogP contribution in [0.25, 0.3) is 0 Å². The number of rotatable bonds is 10. The maximum Gasteiger partial charge on any atom is 0.244 e. The Morgan fingerprint density at radius 3 is 2.36 bits per heavy atom. The zero-order valence-electron chi connectivity index (χ0n) is 19.1. The van der Waals surface area contributed by atoms with Crippen molar-refractivity contribution in [3.8, 4) is 0 Å². The van der Waals surface area contributed by atoms with Gasteiger partial charge in [-0.3, -0.25) is 13.9 Å². The van der Waals surface area contributed by atoms with E-state index in [2.05, 4.69) is 5.32 Å². The SMILES string of the molecule is CCNC(=O)C(CC)N(Cc1ccccc1C)C(=O)CN(c1ccc(F)c(Cl)c1)S(C)(=O)=O. The van der Waals surface area contributed by atoms with E-state index in [0.717, 1.165) is 33.8 Å². The predicted octanol–water partition coefficient (Wildman–Crippen LogP) is 3.50. The minimum absolute atomic E-state index is 0.0548. The maximum atomic E-state index is 13.6. The van der Waals surface area contributed by atoms with Gasteiger partial charge in [-0.15, -0.1) is 0 Å². The number of hydrogen-bond donors (Lipinski definition) is 1. The van der Waals surface area contributed by atoms with Crippen molar-refractivity contribution in [1.29, 1.82) is 0 Å². The standard InChI is InChI=1S/C23H29ClFN3O4S/c1-5-21(23(30)26-6-2)27(14-17-10-8-7-9-16(17)3)22(29)15-28(33(4,31)32)18-11-12-20(25)19(24)13-18/h7-13,21H,5-6,14-15H2,1-4H3,(H,26,30). The molecule has 1 unspecified atom stereocenters. The van der Waals surface area contributed by atoms with E-state index < -0.39 is 34.3 Å². The summed E-state index contributed by atoms with van der Waals surface area (Å²) >= 11 is 5.84. The number of carbonyl (C=O) groups excluding carboxylic acids is 2. The van der Waals surface area contributed by atoms with Crippen molar-refractivity contribution in [3.63, 3.8) is 0 Å². The van der Waals surface area contributed by atoms with Crippen LogP contribution in [0.1, 0.15) is 31.4 Å².